The van der Waals surface area contributed by atoms with E-state index in [-0.39, 0.29) is 5.65 Å². The summed E-state index contributed by atoms with van der Waals surface area (Å²) in [6, 6.07) is 3.00. The van der Waals surface area contributed by atoms with Crippen molar-refractivity contribution in [3.63, 3.8) is 0 Å². The second-order valence-corrected chi connectivity index (χ2v) is 4.87. The number of aryl methyl sites for hydroxylation is 1. The van der Waals surface area contributed by atoms with E-state index < -0.39 is 12.0 Å². The van der Waals surface area contributed by atoms with E-state index in [9.17, 15) is 13.2 Å². The van der Waals surface area contributed by atoms with Gasteiger partial charge in [0.25, 0.3) is 5.82 Å². The van der Waals surface area contributed by atoms with Crippen LogP contribution in [0, 0.1) is 0 Å². The Labute approximate surface area is 114 Å². The fraction of sp³-hybridized carbons (Fsp3) is 0.200. The quantitative estimate of drug-likeness (QED) is 0.724. The second kappa shape index (κ2) is 4.47. The van der Waals surface area contributed by atoms with E-state index in [1.165, 1.54) is 6.07 Å². The van der Waals surface area contributed by atoms with Gasteiger partial charge in [-0.2, -0.15) is 22.8 Å². The number of nitrogens with zero attached hydrogens (tertiary/aromatic N) is 6. The molecule has 0 spiro atoms. The first-order valence-electron chi connectivity index (χ1n) is 5.40. The molecule has 0 fully saturated rings. The number of rotatable bonds is 2. The normalized spacial score (nSPS) is 12.2. The number of hydrogen-bond donors (Lipinski definition) is 0. The summed E-state index contributed by atoms with van der Waals surface area (Å²) in [5.74, 6) is -1.14. The van der Waals surface area contributed by atoms with Gasteiger partial charge in [0.15, 0.2) is 10.8 Å². The van der Waals surface area contributed by atoms with Crippen LogP contribution in [-0.2, 0) is 13.2 Å². The van der Waals surface area contributed by atoms with E-state index in [2.05, 4.69) is 20.3 Å². The number of halogens is 3. The van der Waals surface area contributed by atoms with Gasteiger partial charge in [-0.15, -0.1) is 10.2 Å². The highest BCUT2D eigenvalue weighted by Gasteiger charge is 2.37. The zero-order valence-electron chi connectivity index (χ0n) is 10.0. The van der Waals surface area contributed by atoms with Crippen LogP contribution in [0.2, 0.25) is 0 Å². The summed E-state index contributed by atoms with van der Waals surface area (Å²) in [5, 5.41) is 11.5. The van der Waals surface area contributed by atoms with E-state index in [1.807, 2.05) is 0 Å². The molecule has 104 valence electrons. The highest BCUT2D eigenvalue weighted by atomic mass is 32.2. The Morgan fingerprint density at radius 2 is 2.00 bits per heavy atom. The predicted molar refractivity (Wildman–Crippen MR) is 63.1 cm³/mol. The van der Waals surface area contributed by atoms with Gasteiger partial charge in [0, 0.05) is 19.4 Å². The van der Waals surface area contributed by atoms with Crippen molar-refractivity contribution in [1.82, 2.24) is 29.4 Å². The summed E-state index contributed by atoms with van der Waals surface area (Å²) in [6.45, 7) is 0. The lowest BCUT2D eigenvalue weighted by Gasteiger charge is -2.04. The molecule has 3 heterocycles. The molecule has 0 atom stereocenters. The van der Waals surface area contributed by atoms with Crippen LogP contribution in [0.4, 0.5) is 13.2 Å². The van der Waals surface area contributed by atoms with Gasteiger partial charge >= 0.3 is 6.18 Å². The summed E-state index contributed by atoms with van der Waals surface area (Å²) in [5.41, 5.74) is 0.0431. The monoisotopic (exact) mass is 300 g/mol. The fourth-order valence-corrected chi connectivity index (χ4v) is 2.31. The Morgan fingerprint density at radius 3 is 2.65 bits per heavy atom. The molecular formula is C10H7F3N6S. The molecule has 0 aliphatic rings. The summed E-state index contributed by atoms with van der Waals surface area (Å²) in [7, 11) is 1.79. The zero-order valence-corrected chi connectivity index (χ0v) is 10.9. The minimum atomic E-state index is -4.60. The molecule has 20 heavy (non-hydrogen) atoms. The molecule has 0 N–H and O–H groups in total. The molecular weight excluding hydrogens is 293 g/mol. The molecule has 0 saturated heterocycles. The third-order valence-corrected chi connectivity index (χ3v) is 3.47. The smallest absolute Gasteiger partial charge is 0.329 e. The van der Waals surface area contributed by atoms with E-state index in [0.29, 0.717) is 14.7 Å². The number of alkyl halides is 3. The standard InChI is InChI=1S/C10H7F3N6S/c1-18-5-4-14-9(18)20-7-3-2-6-15-16-8(10(11,12)13)19(6)17-7/h2-5H,1H3. The first-order valence-corrected chi connectivity index (χ1v) is 6.21. The molecule has 0 radical (unpaired) electrons. The van der Waals surface area contributed by atoms with Gasteiger partial charge in [0.1, 0.15) is 5.03 Å². The Hall–Kier alpha value is -2.10. The molecule has 6 nitrogen and oxygen atoms in total. The number of hydrogen-bond acceptors (Lipinski definition) is 5. The number of imidazole rings is 1. The van der Waals surface area contributed by atoms with Crippen LogP contribution >= 0.6 is 11.8 Å². The minimum absolute atomic E-state index is 0.0431. The van der Waals surface area contributed by atoms with Gasteiger partial charge in [-0.1, -0.05) is 0 Å². The molecule has 0 amide bonds. The molecule has 3 aromatic rings. The summed E-state index contributed by atoms with van der Waals surface area (Å²) < 4.78 is 40.6. The third kappa shape index (κ3) is 2.22. The maximum Gasteiger partial charge on any atom is 0.453 e. The Bertz CT molecular complexity index is 762. The van der Waals surface area contributed by atoms with Crippen LogP contribution in [0.1, 0.15) is 5.82 Å². The topological polar surface area (TPSA) is 60.9 Å². The number of aromatic nitrogens is 6. The summed E-state index contributed by atoms with van der Waals surface area (Å²) in [4.78, 5) is 4.07. The van der Waals surface area contributed by atoms with Crippen molar-refractivity contribution in [2.24, 2.45) is 7.05 Å². The maximum absolute atomic E-state index is 12.7. The molecule has 3 rings (SSSR count). The summed E-state index contributed by atoms with van der Waals surface area (Å²) in [6.07, 6.45) is -1.26. The van der Waals surface area contributed by atoms with E-state index in [0.717, 1.165) is 11.8 Å². The van der Waals surface area contributed by atoms with Crippen LogP contribution in [-0.4, -0.2) is 29.4 Å². The van der Waals surface area contributed by atoms with E-state index in [1.54, 1.807) is 30.1 Å². The van der Waals surface area contributed by atoms with E-state index >= 15 is 0 Å². The third-order valence-electron chi connectivity index (χ3n) is 2.46. The second-order valence-electron chi connectivity index (χ2n) is 3.89. The average Bonchev–Trinajstić information content (AvgIpc) is 2.95. The lowest BCUT2D eigenvalue weighted by Crippen LogP contribution is -2.12. The highest BCUT2D eigenvalue weighted by molar-refractivity contribution is 7.99. The van der Waals surface area contributed by atoms with Crippen molar-refractivity contribution in [2.45, 2.75) is 16.4 Å². The molecule has 0 aliphatic heterocycles. The summed E-state index contributed by atoms with van der Waals surface area (Å²) >= 11 is 1.16. The van der Waals surface area contributed by atoms with Crippen LogP contribution in [0.25, 0.3) is 5.65 Å². The zero-order chi connectivity index (χ0) is 14.3. The van der Waals surface area contributed by atoms with Gasteiger partial charge < -0.3 is 4.57 Å². The van der Waals surface area contributed by atoms with Gasteiger partial charge in [-0.05, 0) is 23.9 Å². The minimum Gasteiger partial charge on any atom is -0.329 e. The lowest BCUT2D eigenvalue weighted by atomic mass is 10.5. The SMILES string of the molecule is Cn1ccnc1Sc1ccc2nnc(C(F)(F)F)n2n1. The Balaban J connectivity index is 2.03. The number of fused-ring (bicyclic) bond motifs is 1. The van der Waals surface area contributed by atoms with Crippen LogP contribution in [0.5, 0.6) is 0 Å². The van der Waals surface area contributed by atoms with Crippen LogP contribution < -0.4 is 0 Å². The van der Waals surface area contributed by atoms with Crippen molar-refractivity contribution in [2.75, 3.05) is 0 Å². The van der Waals surface area contributed by atoms with Crippen LogP contribution in [0.3, 0.4) is 0 Å². The van der Waals surface area contributed by atoms with Gasteiger partial charge in [0.2, 0.25) is 0 Å². The van der Waals surface area contributed by atoms with Gasteiger partial charge in [-0.25, -0.2) is 4.98 Å². The largest absolute Gasteiger partial charge is 0.453 e. The highest BCUT2D eigenvalue weighted by Crippen LogP contribution is 2.29. The van der Waals surface area contributed by atoms with Crippen LogP contribution in [0.15, 0.2) is 34.7 Å². The average molecular weight is 300 g/mol. The fourth-order valence-electron chi connectivity index (χ4n) is 1.55. The predicted octanol–water partition coefficient (Wildman–Crippen LogP) is 2.03. The van der Waals surface area contributed by atoms with Gasteiger partial charge in [0.05, 0.1) is 0 Å². The Morgan fingerprint density at radius 1 is 1.20 bits per heavy atom. The Kier molecular flexibility index (Phi) is 2.89. The van der Waals surface area contributed by atoms with Crippen molar-refractivity contribution < 1.29 is 13.2 Å². The molecule has 10 heteroatoms. The van der Waals surface area contributed by atoms with E-state index in [4.69, 9.17) is 0 Å². The molecule has 3 aromatic heterocycles. The molecule has 0 aromatic carbocycles. The van der Waals surface area contributed by atoms with Gasteiger partial charge in [-0.3, -0.25) is 0 Å². The molecule has 0 unspecified atom stereocenters. The molecule has 0 aliphatic carbocycles. The first-order chi connectivity index (χ1) is 9.45. The lowest BCUT2D eigenvalue weighted by molar-refractivity contribution is -0.146. The first kappa shape index (κ1) is 12.9. The molecule has 0 saturated carbocycles. The van der Waals surface area contributed by atoms with Crippen molar-refractivity contribution in [1.29, 1.82) is 0 Å². The van der Waals surface area contributed by atoms with Crippen molar-refractivity contribution in [3.8, 4) is 0 Å². The van der Waals surface area contributed by atoms with Crippen molar-refractivity contribution >= 4 is 17.4 Å². The van der Waals surface area contributed by atoms with Crippen molar-refractivity contribution in [3.05, 3.63) is 30.4 Å². The maximum atomic E-state index is 12.7. The molecule has 0 bridgehead atoms.